The van der Waals surface area contributed by atoms with Crippen LogP contribution in [0.4, 0.5) is 0 Å². The van der Waals surface area contributed by atoms with Crippen LogP contribution in [0.2, 0.25) is 0 Å². The Morgan fingerprint density at radius 1 is 0.857 bits per heavy atom. The minimum Gasteiger partial charge on any atom is -0.267 e. The molecule has 4 rings (SSSR count). The Morgan fingerprint density at radius 2 is 1.62 bits per heavy atom. The van der Waals surface area contributed by atoms with E-state index in [0.29, 0.717) is 11.2 Å². The lowest BCUT2D eigenvalue weighted by molar-refractivity contribution is 0.0946. The predicted molar refractivity (Wildman–Crippen MR) is 79.0 cm³/mol. The molecule has 0 saturated heterocycles. The topological polar surface area (TPSA) is 60.7 Å². The van der Waals surface area contributed by atoms with Crippen molar-refractivity contribution in [2.24, 2.45) is 0 Å². The molecule has 5 nitrogen and oxygen atoms in total. The standard InChI is InChI=1S/C16H10N4O/c21-16(11-6-2-1-3-7-11)20-10-13-12-8-4-5-9-14(12)17-18-15(13)19-20/h1-10H. The van der Waals surface area contributed by atoms with Gasteiger partial charge < -0.3 is 0 Å². The summed E-state index contributed by atoms with van der Waals surface area (Å²) in [6.45, 7) is 0. The van der Waals surface area contributed by atoms with Crippen LogP contribution in [0.3, 0.4) is 0 Å². The smallest absolute Gasteiger partial charge is 0.267 e. The third-order valence-corrected chi connectivity index (χ3v) is 3.37. The molecule has 0 amide bonds. The minimum absolute atomic E-state index is 0.183. The van der Waals surface area contributed by atoms with Gasteiger partial charge in [-0.15, -0.1) is 15.3 Å². The van der Waals surface area contributed by atoms with E-state index in [-0.39, 0.29) is 5.91 Å². The number of carbonyl (C=O) groups is 1. The van der Waals surface area contributed by atoms with E-state index in [1.807, 2.05) is 42.5 Å². The molecule has 0 N–H and O–H groups in total. The van der Waals surface area contributed by atoms with Gasteiger partial charge in [0.05, 0.1) is 10.9 Å². The van der Waals surface area contributed by atoms with Gasteiger partial charge in [-0.2, -0.15) is 0 Å². The maximum Gasteiger partial charge on any atom is 0.278 e. The number of hydrogen-bond donors (Lipinski definition) is 0. The third kappa shape index (κ3) is 1.87. The average molecular weight is 274 g/mol. The van der Waals surface area contributed by atoms with Crippen molar-refractivity contribution < 1.29 is 4.79 Å². The molecule has 21 heavy (non-hydrogen) atoms. The highest BCUT2D eigenvalue weighted by molar-refractivity contribution is 6.04. The van der Waals surface area contributed by atoms with Gasteiger partial charge in [-0.3, -0.25) is 4.79 Å². The molecule has 100 valence electrons. The summed E-state index contributed by atoms with van der Waals surface area (Å²) in [5.74, 6) is -0.183. The number of hydrogen-bond acceptors (Lipinski definition) is 4. The monoisotopic (exact) mass is 274 g/mol. The highest BCUT2D eigenvalue weighted by atomic mass is 16.2. The molecule has 0 bridgehead atoms. The Hall–Kier alpha value is -3.08. The van der Waals surface area contributed by atoms with Gasteiger partial charge in [0.25, 0.3) is 5.91 Å². The number of benzene rings is 2. The molecule has 0 aliphatic carbocycles. The van der Waals surface area contributed by atoms with Crippen molar-refractivity contribution in [3.63, 3.8) is 0 Å². The van der Waals surface area contributed by atoms with Crippen LogP contribution in [0.1, 0.15) is 10.4 Å². The zero-order valence-corrected chi connectivity index (χ0v) is 11.0. The fraction of sp³-hybridized carbons (Fsp3) is 0. The van der Waals surface area contributed by atoms with E-state index in [2.05, 4.69) is 15.3 Å². The number of rotatable bonds is 1. The fourth-order valence-corrected chi connectivity index (χ4v) is 2.34. The summed E-state index contributed by atoms with van der Waals surface area (Å²) >= 11 is 0. The minimum atomic E-state index is -0.183. The summed E-state index contributed by atoms with van der Waals surface area (Å²) < 4.78 is 1.32. The van der Waals surface area contributed by atoms with Gasteiger partial charge >= 0.3 is 0 Å². The van der Waals surface area contributed by atoms with Crippen molar-refractivity contribution in [1.82, 2.24) is 20.0 Å². The van der Waals surface area contributed by atoms with Crippen LogP contribution in [-0.4, -0.2) is 25.9 Å². The van der Waals surface area contributed by atoms with Gasteiger partial charge in [0, 0.05) is 17.1 Å². The predicted octanol–water partition coefficient (Wildman–Crippen LogP) is 2.67. The molecule has 2 aromatic carbocycles. The van der Waals surface area contributed by atoms with Crippen LogP contribution >= 0.6 is 0 Å². The lowest BCUT2D eigenvalue weighted by Crippen LogP contribution is -2.12. The average Bonchev–Trinajstić information content (AvgIpc) is 2.99. The van der Waals surface area contributed by atoms with Crippen molar-refractivity contribution in [1.29, 1.82) is 0 Å². The highest BCUT2D eigenvalue weighted by Gasteiger charge is 2.13. The summed E-state index contributed by atoms with van der Waals surface area (Å²) in [6.07, 6.45) is 1.71. The van der Waals surface area contributed by atoms with E-state index in [9.17, 15) is 4.79 Å². The van der Waals surface area contributed by atoms with Crippen molar-refractivity contribution in [3.05, 3.63) is 66.4 Å². The molecule has 4 aromatic rings. The Balaban J connectivity index is 1.91. The highest BCUT2D eigenvalue weighted by Crippen LogP contribution is 2.20. The summed E-state index contributed by atoms with van der Waals surface area (Å²) in [7, 11) is 0. The molecule has 0 saturated carbocycles. The molecular weight excluding hydrogens is 264 g/mol. The molecule has 0 spiro atoms. The molecule has 2 aromatic heterocycles. The van der Waals surface area contributed by atoms with Crippen LogP contribution in [-0.2, 0) is 0 Å². The molecular formula is C16H10N4O. The van der Waals surface area contributed by atoms with E-state index < -0.39 is 0 Å². The second kappa shape index (κ2) is 4.49. The first-order chi connectivity index (χ1) is 10.3. The van der Waals surface area contributed by atoms with Gasteiger partial charge in [-0.05, 0) is 18.2 Å². The maximum absolute atomic E-state index is 12.4. The molecule has 0 fully saturated rings. The van der Waals surface area contributed by atoms with Crippen molar-refractivity contribution in [2.75, 3.05) is 0 Å². The van der Waals surface area contributed by atoms with Crippen LogP contribution < -0.4 is 0 Å². The largest absolute Gasteiger partial charge is 0.278 e. The quantitative estimate of drug-likeness (QED) is 0.535. The Bertz CT molecular complexity index is 960. The summed E-state index contributed by atoms with van der Waals surface area (Å²) in [4.78, 5) is 12.4. The zero-order valence-electron chi connectivity index (χ0n) is 11.0. The third-order valence-electron chi connectivity index (χ3n) is 3.37. The number of nitrogens with zero attached hydrogens (tertiary/aromatic N) is 4. The lowest BCUT2D eigenvalue weighted by atomic mass is 10.2. The molecule has 5 heteroatoms. The van der Waals surface area contributed by atoms with Crippen molar-refractivity contribution in [3.8, 4) is 0 Å². The molecule has 0 unspecified atom stereocenters. The maximum atomic E-state index is 12.4. The van der Waals surface area contributed by atoms with Crippen LogP contribution in [0, 0.1) is 0 Å². The van der Waals surface area contributed by atoms with Gasteiger partial charge in [0.15, 0.2) is 0 Å². The van der Waals surface area contributed by atoms with Gasteiger partial charge in [0.1, 0.15) is 0 Å². The van der Waals surface area contributed by atoms with E-state index in [1.165, 1.54) is 4.68 Å². The van der Waals surface area contributed by atoms with Crippen LogP contribution in [0.15, 0.2) is 60.8 Å². The molecule has 0 aliphatic heterocycles. The fourth-order valence-electron chi connectivity index (χ4n) is 2.34. The van der Waals surface area contributed by atoms with Crippen molar-refractivity contribution in [2.45, 2.75) is 0 Å². The first-order valence-electron chi connectivity index (χ1n) is 6.53. The summed E-state index contributed by atoms with van der Waals surface area (Å²) in [6, 6.07) is 16.7. The normalized spacial score (nSPS) is 11.0. The van der Waals surface area contributed by atoms with Gasteiger partial charge in [-0.1, -0.05) is 36.4 Å². The second-order valence-electron chi connectivity index (χ2n) is 4.70. The first kappa shape index (κ1) is 11.7. The molecule has 0 aliphatic rings. The van der Waals surface area contributed by atoms with Crippen molar-refractivity contribution >= 4 is 27.8 Å². The number of carbonyl (C=O) groups excluding carboxylic acids is 1. The lowest BCUT2D eigenvalue weighted by Gasteiger charge is -1.98. The summed E-state index contributed by atoms with van der Waals surface area (Å²) in [5.41, 5.74) is 1.84. The Morgan fingerprint density at radius 3 is 2.48 bits per heavy atom. The van der Waals surface area contributed by atoms with E-state index in [4.69, 9.17) is 0 Å². The second-order valence-corrected chi connectivity index (χ2v) is 4.70. The van der Waals surface area contributed by atoms with Gasteiger partial charge in [-0.25, -0.2) is 4.68 Å². The van der Waals surface area contributed by atoms with Gasteiger partial charge in [0.2, 0.25) is 5.65 Å². The Labute approximate surface area is 119 Å². The molecule has 0 atom stereocenters. The number of aromatic nitrogens is 4. The Kier molecular flexibility index (Phi) is 2.50. The zero-order chi connectivity index (χ0) is 14.2. The van der Waals surface area contributed by atoms with Crippen LogP contribution in [0.5, 0.6) is 0 Å². The SMILES string of the molecule is O=C(c1ccccc1)n1cc2c(nnc3ccccc32)n1. The number of fused-ring (bicyclic) bond motifs is 3. The van der Waals surface area contributed by atoms with E-state index in [0.717, 1.165) is 16.3 Å². The summed E-state index contributed by atoms with van der Waals surface area (Å²) in [5, 5.41) is 14.2. The van der Waals surface area contributed by atoms with Crippen LogP contribution in [0.25, 0.3) is 21.9 Å². The molecule has 0 radical (unpaired) electrons. The van der Waals surface area contributed by atoms with E-state index >= 15 is 0 Å². The van der Waals surface area contributed by atoms with E-state index in [1.54, 1.807) is 18.3 Å². The molecule has 2 heterocycles. The first-order valence-corrected chi connectivity index (χ1v) is 6.53.